The first kappa shape index (κ1) is 23.1. The van der Waals surface area contributed by atoms with Crippen molar-refractivity contribution in [3.8, 4) is 0 Å². The summed E-state index contributed by atoms with van der Waals surface area (Å²) < 4.78 is 0. The van der Waals surface area contributed by atoms with Gasteiger partial charge in [0, 0.05) is 28.6 Å². The number of fused-ring (bicyclic) bond motifs is 1. The molecular formula is C27H18ClN5O3. The minimum Gasteiger partial charge on any atom is -0.265 e. The molecule has 9 heteroatoms. The lowest BCUT2D eigenvalue weighted by Gasteiger charge is -2.12. The normalized spacial score (nSPS) is 14.7. The number of aliphatic imine (C=N–C) groups is 1. The molecule has 0 N–H and O–H groups in total. The van der Waals surface area contributed by atoms with Crippen molar-refractivity contribution in [3.05, 3.63) is 122 Å². The molecule has 1 amide bonds. The molecule has 8 nitrogen and oxygen atoms in total. The highest BCUT2D eigenvalue weighted by molar-refractivity contribution is 6.32. The van der Waals surface area contributed by atoms with Gasteiger partial charge in [0.1, 0.15) is 10.9 Å². The van der Waals surface area contributed by atoms with Gasteiger partial charge in [-0.15, -0.1) is 0 Å². The lowest BCUT2D eigenvalue weighted by molar-refractivity contribution is -0.384. The van der Waals surface area contributed by atoms with Crippen molar-refractivity contribution in [2.24, 2.45) is 10.1 Å². The lowest BCUT2D eigenvalue weighted by Crippen LogP contribution is -2.27. The molecule has 176 valence electrons. The van der Waals surface area contributed by atoms with E-state index in [1.165, 1.54) is 29.4 Å². The number of aryl methyl sites for hydroxylation is 1. The van der Waals surface area contributed by atoms with Gasteiger partial charge < -0.3 is 0 Å². The Morgan fingerprint density at radius 1 is 1.03 bits per heavy atom. The Kier molecular flexibility index (Phi) is 6.10. The van der Waals surface area contributed by atoms with Gasteiger partial charge in [0.15, 0.2) is 5.84 Å². The fourth-order valence-electron chi connectivity index (χ4n) is 3.77. The first-order valence-electron chi connectivity index (χ1n) is 10.9. The molecular weight excluding hydrogens is 478 g/mol. The molecule has 4 aromatic rings. The number of hydrogen-bond donors (Lipinski definition) is 0. The summed E-state index contributed by atoms with van der Waals surface area (Å²) in [5.41, 5.74) is 3.57. The van der Waals surface area contributed by atoms with Gasteiger partial charge >= 0.3 is 0 Å². The summed E-state index contributed by atoms with van der Waals surface area (Å²) in [6.07, 6.45) is 2.98. The molecule has 3 aromatic carbocycles. The highest BCUT2D eigenvalue weighted by Gasteiger charge is 2.31. The minimum absolute atomic E-state index is 0.0781. The van der Waals surface area contributed by atoms with Gasteiger partial charge in [0.2, 0.25) is 0 Å². The molecule has 2 heterocycles. The number of nitrogens with zero attached hydrogens (tertiary/aromatic N) is 5. The van der Waals surface area contributed by atoms with Crippen LogP contribution in [0.3, 0.4) is 0 Å². The molecule has 0 aliphatic carbocycles. The summed E-state index contributed by atoms with van der Waals surface area (Å²) in [6.45, 7) is 1.99. The van der Waals surface area contributed by atoms with Crippen LogP contribution in [0.5, 0.6) is 0 Å². The van der Waals surface area contributed by atoms with Gasteiger partial charge in [-0.3, -0.25) is 14.9 Å². The van der Waals surface area contributed by atoms with E-state index in [2.05, 4.69) is 15.1 Å². The first-order valence-corrected chi connectivity index (χ1v) is 11.3. The number of halogens is 1. The fraction of sp³-hybridized carbons (Fsp3) is 0.0370. The molecule has 36 heavy (non-hydrogen) atoms. The maximum absolute atomic E-state index is 13.3. The van der Waals surface area contributed by atoms with E-state index in [-0.39, 0.29) is 16.5 Å². The lowest BCUT2D eigenvalue weighted by atomic mass is 10.1. The van der Waals surface area contributed by atoms with Gasteiger partial charge in [-0.25, -0.2) is 9.98 Å². The zero-order chi connectivity index (χ0) is 25.2. The molecule has 1 aromatic heterocycles. The first-order chi connectivity index (χ1) is 17.4. The number of pyridine rings is 1. The van der Waals surface area contributed by atoms with E-state index in [0.717, 1.165) is 16.5 Å². The second-order valence-corrected chi connectivity index (χ2v) is 8.47. The number of nitro groups is 1. The SMILES string of the molecule is Cc1ccc2nc(Cl)c(/C=N/N3C(=O)/C(=C/c4cccc([N+](=O)[O-])c4)N=C3c3ccccc3)cc2c1. The summed E-state index contributed by atoms with van der Waals surface area (Å²) >= 11 is 6.39. The summed E-state index contributed by atoms with van der Waals surface area (Å²) in [6, 6.07) is 22.9. The predicted molar refractivity (Wildman–Crippen MR) is 140 cm³/mol. The van der Waals surface area contributed by atoms with Crippen molar-refractivity contribution in [3.63, 3.8) is 0 Å². The quantitative estimate of drug-likeness (QED) is 0.115. The van der Waals surface area contributed by atoms with Crippen LogP contribution in [0.2, 0.25) is 5.15 Å². The molecule has 0 atom stereocenters. The number of non-ortho nitro benzene ring substituents is 1. The molecule has 5 rings (SSSR count). The van der Waals surface area contributed by atoms with E-state index in [1.807, 2.05) is 61.5 Å². The number of amides is 1. The zero-order valence-corrected chi connectivity index (χ0v) is 19.8. The number of benzene rings is 3. The van der Waals surface area contributed by atoms with Crippen LogP contribution in [-0.2, 0) is 4.79 Å². The van der Waals surface area contributed by atoms with Crippen molar-refractivity contribution < 1.29 is 9.72 Å². The van der Waals surface area contributed by atoms with E-state index in [9.17, 15) is 14.9 Å². The van der Waals surface area contributed by atoms with Crippen LogP contribution >= 0.6 is 11.6 Å². The number of nitro benzene ring substituents is 1. The molecule has 0 bridgehead atoms. The Hall–Kier alpha value is -4.69. The smallest absolute Gasteiger partial charge is 0.265 e. The molecule has 0 spiro atoms. The Balaban J connectivity index is 1.54. The fourth-order valence-corrected chi connectivity index (χ4v) is 3.97. The standard InChI is InChI=1S/C27H18ClN5O3/c1-17-10-11-23-20(12-17)15-21(25(28)30-23)16-29-32-26(19-7-3-2-4-8-19)31-24(27(32)34)14-18-6-5-9-22(13-18)33(35)36/h2-16H,1H3/b24-14-,29-16+. The Morgan fingerprint density at radius 2 is 1.83 bits per heavy atom. The van der Waals surface area contributed by atoms with Crippen LogP contribution in [0, 0.1) is 17.0 Å². The summed E-state index contributed by atoms with van der Waals surface area (Å²) in [5.74, 6) is -0.147. The largest absolute Gasteiger partial charge is 0.298 e. The van der Waals surface area contributed by atoms with Crippen molar-refractivity contribution in [2.45, 2.75) is 6.92 Å². The number of hydrazone groups is 1. The van der Waals surface area contributed by atoms with Crippen LogP contribution in [0.15, 0.2) is 94.7 Å². The summed E-state index contributed by atoms with van der Waals surface area (Å²) in [7, 11) is 0. The Morgan fingerprint density at radius 3 is 2.61 bits per heavy atom. The third kappa shape index (κ3) is 4.62. The van der Waals surface area contributed by atoms with E-state index < -0.39 is 10.8 Å². The maximum Gasteiger partial charge on any atom is 0.298 e. The van der Waals surface area contributed by atoms with E-state index in [0.29, 0.717) is 22.5 Å². The topological polar surface area (TPSA) is 101 Å². The molecule has 1 aliphatic heterocycles. The molecule has 0 fully saturated rings. The summed E-state index contributed by atoms with van der Waals surface area (Å²) in [4.78, 5) is 32.9. The molecule has 0 radical (unpaired) electrons. The van der Waals surface area contributed by atoms with E-state index >= 15 is 0 Å². The summed E-state index contributed by atoms with van der Waals surface area (Å²) in [5, 5.41) is 17.9. The van der Waals surface area contributed by atoms with E-state index in [4.69, 9.17) is 11.6 Å². The second-order valence-electron chi connectivity index (χ2n) is 8.11. The molecule has 0 saturated heterocycles. The Labute approximate surface area is 211 Å². The van der Waals surface area contributed by atoms with Crippen molar-refractivity contribution in [1.29, 1.82) is 0 Å². The predicted octanol–water partition coefficient (Wildman–Crippen LogP) is 5.77. The highest BCUT2D eigenvalue weighted by Crippen LogP contribution is 2.25. The van der Waals surface area contributed by atoms with Crippen LogP contribution in [0.25, 0.3) is 17.0 Å². The van der Waals surface area contributed by atoms with Crippen molar-refractivity contribution in [2.75, 3.05) is 0 Å². The number of amidine groups is 1. The van der Waals surface area contributed by atoms with Crippen molar-refractivity contribution >= 4 is 52.2 Å². The number of carbonyl (C=O) groups is 1. The number of carbonyl (C=O) groups excluding carboxylic acids is 1. The van der Waals surface area contributed by atoms with Crippen LogP contribution in [0.4, 0.5) is 5.69 Å². The average molecular weight is 496 g/mol. The number of hydrogen-bond acceptors (Lipinski definition) is 6. The highest BCUT2D eigenvalue weighted by atomic mass is 35.5. The zero-order valence-electron chi connectivity index (χ0n) is 19.0. The Bertz CT molecular complexity index is 1610. The van der Waals surface area contributed by atoms with Gasteiger partial charge in [0.05, 0.1) is 16.7 Å². The molecule has 1 aliphatic rings. The third-order valence-electron chi connectivity index (χ3n) is 5.52. The van der Waals surface area contributed by atoms with Gasteiger partial charge in [-0.2, -0.15) is 10.1 Å². The number of aromatic nitrogens is 1. The third-order valence-corrected chi connectivity index (χ3v) is 5.82. The van der Waals surface area contributed by atoms with Crippen LogP contribution in [-0.4, -0.2) is 32.9 Å². The maximum atomic E-state index is 13.3. The molecule has 0 unspecified atom stereocenters. The minimum atomic E-state index is -0.490. The van der Waals surface area contributed by atoms with Gasteiger partial charge in [-0.05, 0) is 36.8 Å². The van der Waals surface area contributed by atoms with Gasteiger partial charge in [0.25, 0.3) is 11.6 Å². The van der Waals surface area contributed by atoms with Gasteiger partial charge in [-0.1, -0.05) is 65.7 Å². The van der Waals surface area contributed by atoms with Crippen LogP contribution < -0.4 is 0 Å². The van der Waals surface area contributed by atoms with E-state index in [1.54, 1.807) is 12.1 Å². The monoisotopic (exact) mass is 495 g/mol. The average Bonchev–Trinajstić information content (AvgIpc) is 3.18. The van der Waals surface area contributed by atoms with Crippen LogP contribution in [0.1, 0.15) is 22.3 Å². The number of rotatable bonds is 5. The molecule has 0 saturated carbocycles. The second kappa shape index (κ2) is 9.52. The van der Waals surface area contributed by atoms with Crippen molar-refractivity contribution in [1.82, 2.24) is 9.99 Å².